The standard InChI is InChI=1S/C58H40N2/c1-4-17-43(18-5-1)51-36-34-49(39-55(51)45-21-8-3-9-22-45)60-57-27-15-13-25-53(57)54-37-35-50(40-58(54)60)59(56-26-14-12-24-52(56)44-19-6-2-7-20-44)48-32-30-42(31-33-48)47-29-28-41-16-10-11-23-46(41)38-47/h1-40H. The van der Waals surface area contributed by atoms with Crippen molar-refractivity contribution >= 4 is 49.6 Å². The molecule has 2 nitrogen and oxygen atoms in total. The lowest BCUT2D eigenvalue weighted by Gasteiger charge is -2.28. The maximum absolute atomic E-state index is 2.44. The van der Waals surface area contributed by atoms with Gasteiger partial charge in [0.2, 0.25) is 0 Å². The quantitative estimate of drug-likeness (QED) is 0.150. The van der Waals surface area contributed by atoms with Gasteiger partial charge >= 0.3 is 0 Å². The molecule has 11 aromatic rings. The molecular weight excluding hydrogens is 725 g/mol. The summed E-state index contributed by atoms with van der Waals surface area (Å²) in [5.41, 5.74) is 16.3. The maximum Gasteiger partial charge on any atom is 0.0561 e. The molecule has 0 fully saturated rings. The van der Waals surface area contributed by atoms with Crippen molar-refractivity contribution in [3.05, 3.63) is 243 Å². The Kier molecular flexibility index (Phi) is 8.87. The summed E-state index contributed by atoms with van der Waals surface area (Å²) in [4.78, 5) is 2.42. The van der Waals surface area contributed by atoms with Gasteiger partial charge in [0.15, 0.2) is 0 Å². The first-order valence-corrected chi connectivity index (χ1v) is 20.6. The molecule has 0 bridgehead atoms. The highest BCUT2D eigenvalue weighted by atomic mass is 15.1. The van der Waals surface area contributed by atoms with Crippen LogP contribution in [0.25, 0.3) is 82.8 Å². The van der Waals surface area contributed by atoms with Crippen molar-refractivity contribution < 1.29 is 0 Å². The number of aromatic nitrogens is 1. The van der Waals surface area contributed by atoms with Crippen LogP contribution in [0.15, 0.2) is 243 Å². The molecule has 0 unspecified atom stereocenters. The van der Waals surface area contributed by atoms with Gasteiger partial charge in [-0.15, -0.1) is 0 Å². The first kappa shape index (κ1) is 35.2. The van der Waals surface area contributed by atoms with E-state index in [0.717, 1.165) is 28.3 Å². The van der Waals surface area contributed by atoms with Gasteiger partial charge in [0.25, 0.3) is 0 Å². The molecule has 282 valence electrons. The number of rotatable bonds is 8. The van der Waals surface area contributed by atoms with Crippen molar-refractivity contribution in [2.45, 2.75) is 0 Å². The average Bonchev–Trinajstić information content (AvgIpc) is 3.66. The Hall–Kier alpha value is -7.94. The Morgan fingerprint density at radius 1 is 0.283 bits per heavy atom. The largest absolute Gasteiger partial charge is 0.310 e. The molecule has 0 N–H and O–H groups in total. The van der Waals surface area contributed by atoms with Crippen LogP contribution in [0.4, 0.5) is 17.1 Å². The van der Waals surface area contributed by atoms with E-state index in [0.29, 0.717) is 0 Å². The van der Waals surface area contributed by atoms with E-state index >= 15 is 0 Å². The Balaban J connectivity index is 1.11. The van der Waals surface area contributed by atoms with Gasteiger partial charge in [-0.25, -0.2) is 0 Å². The van der Waals surface area contributed by atoms with Crippen LogP contribution in [0.3, 0.4) is 0 Å². The van der Waals surface area contributed by atoms with E-state index in [1.165, 1.54) is 71.6 Å². The molecule has 0 spiro atoms. The molecule has 60 heavy (non-hydrogen) atoms. The Morgan fingerprint density at radius 3 is 1.60 bits per heavy atom. The fourth-order valence-corrected chi connectivity index (χ4v) is 8.90. The van der Waals surface area contributed by atoms with Crippen molar-refractivity contribution in [3.63, 3.8) is 0 Å². The molecule has 1 heterocycles. The summed E-state index contributed by atoms with van der Waals surface area (Å²) in [6, 6.07) is 88.0. The third kappa shape index (κ3) is 6.32. The van der Waals surface area contributed by atoms with Gasteiger partial charge < -0.3 is 9.47 Å². The van der Waals surface area contributed by atoms with Crippen molar-refractivity contribution in [2.24, 2.45) is 0 Å². The van der Waals surface area contributed by atoms with Crippen molar-refractivity contribution in [1.29, 1.82) is 0 Å². The molecule has 10 aromatic carbocycles. The molecular formula is C58H40N2. The fraction of sp³-hybridized carbons (Fsp3) is 0. The first-order chi connectivity index (χ1) is 29.8. The van der Waals surface area contributed by atoms with Crippen molar-refractivity contribution in [2.75, 3.05) is 4.90 Å². The van der Waals surface area contributed by atoms with Crippen molar-refractivity contribution in [3.8, 4) is 50.2 Å². The van der Waals surface area contributed by atoms with Gasteiger partial charge in [0, 0.05) is 33.4 Å². The molecule has 0 amide bonds. The van der Waals surface area contributed by atoms with Crippen LogP contribution < -0.4 is 4.90 Å². The molecule has 0 aliphatic heterocycles. The van der Waals surface area contributed by atoms with E-state index in [2.05, 4.69) is 252 Å². The minimum absolute atomic E-state index is 1.08. The summed E-state index contributed by atoms with van der Waals surface area (Å²) in [5.74, 6) is 0. The monoisotopic (exact) mass is 764 g/mol. The van der Waals surface area contributed by atoms with Crippen LogP contribution in [0.5, 0.6) is 0 Å². The van der Waals surface area contributed by atoms with Crippen LogP contribution in [0, 0.1) is 0 Å². The fourth-order valence-electron chi connectivity index (χ4n) is 8.90. The molecule has 0 saturated heterocycles. The molecule has 0 saturated carbocycles. The summed E-state index contributed by atoms with van der Waals surface area (Å²) in [7, 11) is 0. The second kappa shape index (κ2) is 15.1. The lowest BCUT2D eigenvalue weighted by molar-refractivity contribution is 1.18. The van der Waals surface area contributed by atoms with Crippen LogP contribution >= 0.6 is 0 Å². The molecule has 0 aliphatic carbocycles. The lowest BCUT2D eigenvalue weighted by atomic mass is 9.94. The lowest BCUT2D eigenvalue weighted by Crippen LogP contribution is -2.11. The second-order valence-electron chi connectivity index (χ2n) is 15.3. The van der Waals surface area contributed by atoms with E-state index in [-0.39, 0.29) is 0 Å². The SMILES string of the molecule is c1ccc(-c2ccc(-n3c4ccccc4c4ccc(N(c5ccc(-c6ccc7ccccc7c6)cc5)c5ccccc5-c5ccccc5)cc43)cc2-c2ccccc2)cc1. The average molecular weight is 765 g/mol. The van der Waals surface area contributed by atoms with E-state index < -0.39 is 0 Å². The number of fused-ring (bicyclic) bond motifs is 4. The van der Waals surface area contributed by atoms with Gasteiger partial charge in [0.1, 0.15) is 0 Å². The Morgan fingerprint density at radius 2 is 0.850 bits per heavy atom. The number of benzene rings is 10. The molecule has 0 aliphatic rings. The summed E-state index contributed by atoms with van der Waals surface area (Å²) in [6.07, 6.45) is 0. The minimum atomic E-state index is 1.08. The van der Waals surface area contributed by atoms with E-state index in [9.17, 15) is 0 Å². The predicted octanol–water partition coefficient (Wildman–Crippen LogP) is 16.1. The zero-order valence-electron chi connectivity index (χ0n) is 33.0. The van der Waals surface area contributed by atoms with Crippen LogP contribution in [-0.2, 0) is 0 Å². The number of para-hydroxylation sites is 2. The minimum Gasteiger partial charge on any atom is -0.310 e. The van der Waals surface area contributed by atoms with Crippen LogP contribution in [-0.4, -0.2) is 4.57 Å². The maximum atomic E-state index is 2.44. The van der Waals surface area contributed by atoms with Gasteiger partial charge in [-0.1, -0.05) is 188 Å². The molecule has 11 rings (SSSR count). The summed E-state index contributed by atoms with van der Waals surface area (Å²) >= 11 is 0. The third-order valence-corrected chi connectivity index (χ3v) is 11.8. The molecule has 1 aromatic heterocycles. The Labute approximate surface area is 350 Å². The van der Waals surface area contributed by atoms with Crippen LogP contribution in [0.1, 0.15) is 0 Å². The van der Waals surface area contributed by atoms with Crippen molar-refractivity contribution in [1.82, 2.24) is 4.57 Å². The van der Waals surface area contributed by atoms with Gasteiger partial charge in [-0.05, 0) is 104 Å². The molecule has 2 heteroatoms. The number of hydrogen-bond donors (Lipinski definition) is 0. The number of nitrogens with zero attached hydrogens (tertiary/aromatic N) is 2. The highest BCUT2D eigenvalue weighted by molar-refractivity contribution is 6.11. The smallest absolute Gasteiger partial charge is 0.0561 e. The number of anilines is 3. The zero-order chi connectivity index (χ0) is 39.8. The van der Waals surface area contributed by atoms with Gasteiger partial charge in [0.05, 0.1) is 16.7 Å². The third-order valence-electron chi connectivity index (χ3n) is 11.8. The number of hydrogen-bond acceptors (Lipinski definition) is 1. The van der Waals surface area contributed by atoms with E-state index in [1.807, 2.05) is 0 Å². The second-order valence-corrected chi connectivity index (χ2v) is 15.3. The first-order valence-electron chi connectivity index (χ1n) is 20.6. The van der Waals surface area contributed by atoms with Gasteiger partial charge in [-0.2, -0.15) is 0 Å². The van der Waals surface area contributed by atoms with Gasteiger partial charge in [-0.3, -0.25) is 0 Å². The topological polar surface area (TPSA) is 8.17 Å². The normalized spacial score (nSPS) is 11.3. The van der Waals surface area contributed by atoms with E-state index in [4.69, 9.17) is 0 Å². The van der Waals surface area contributed by atoms with Crippen LogP contribution in [0.2, 0.25) is 0 Å². The predicted molar refractivity (Wildman–Crippen MR) is 255 cm³/mol. The van der Waals surface area contributed by atoms with E-state index in [1.54, 1.807) is 0 Å². The molecule has 0 atom stereocenters. The highest BCUT2D eigenvalue weighted by Crippen LogP contribution is 2.44. The Bertz CT molecular complexity index is 3290. The summed E-state index contributed by atoms with van der Waals surface area (Å²) in [5, 5.41) is 4.93. The summed E-state index contributed by atoms with van der Waals surface area (Å²) in [6.45, 7) is 0. The zero-order valence-corrected chi connectivity index (χ0v) is 33.0. The molecule has 0 radical (unpaired) electrons. The highest BCUT2D eigenvalue weighted by Gasteiger charge is 2.21. The summed E-state index contributed by atoms with van der Waals surface area (Å²) < 4.78 is 2.44.